The van der Waals surface area contributed by atoms with Crippen LogP contribution >= 0.6 is 11.3 Å². The quantitative estimate of drug-likeness (QED) is 0.707. The van der Waals surface area contributed by atoms with Crippen LogP contribution in [0.5, 0.6) is 0 Å². The van der Waals surface area contributed by atoms with E-state index >= 15 is 0 Å². The van der Waals surface area contributed by atoms with Crippen molar-refractivity contribution in [2.75, 3.05) is 13.2 Å². The van der Waals surface area contributed by atoms with E-state index in [0.717, 1.165) is 26.1 Å². The topological polar surface area (TPSA) is 35.2 Å². The van der Waals surface area contributed by atoms with E-state index in [1.165, 1.54) is 11.3 Å². The fraction of sp³-hybridized carbons (Fsp3) is 0.636. The molecular weight excluding hydrogens is 194 g/mol. The maximum atomic E-state index is 5.98. The van der Waals surface area contributed by atoms with Crippen LogP contribution in [0, 0.1) is 0 Å². The van der Waals surface area contributed by atoms with Gasteiger partial charge in [-0.3, -0.25) is 0 Å². The summed E-state index contributed by atoms with van der Waals surface area (Å²) in [5.74, 6) is 0. The van der Waals surface area contributed by atoms with Crippen LogP contribution in [0.15, 0.2) is 17.5 Å². The molecule has 1 atom stereocenters. The van der Waals surface area contributed by atoms with Crippen LogP contribution in [-0.2, 0) is 4.74 Å². The van der Waals surface area contributed by atoms with Crippen molar-refractivity contribution in [3.05, 3.63) is 22.4 Å². The first kappa shape index (κ1) is 11.7. The van der Waals surface area contributed by atoms with Gasteiger partial charge in [0, 0.05) is 24.1 Å². The van der Waals surface area contributed by atoms with Crippen LogP contribution in [-0.4, -0.2) is 13.2 Å². The Bertz CT molecular complexity index is 223. The Morgan fingerprint density at radius 1 is 1.50 bits per heavy atom. The molecule has 0 saturated carbocycles. The highest BCUT2D eigenvalue weighted by molar-refractivity contribution is 7.10. The summed E-state index contributed by atoms with van der Waals surface area (Å²) in [6.07, 6.45) is 3.26. The van der Waals surface area contributed by atoms with Crippen molar-refractivity contribution < 1.29 is 4.74 Å². The molecule has 14 heavy (non-hydrogen) atoms. The zero-order valence-electron chi connectivity index (χ0n) is 8.74. The number of nitrogens with two attached hydrogens (primary N) is 1. The van der Waals surface area contributed by atoms with E-state index in [1.54, 1.807) is 11.3 Å². The number of rotatable bonds is 7. The van der Waals surface area contributed by atoms with E-state index in [1.807, 2.05) is 6.07 Å². The Balaban J connectivity index is 2.07. The lowest BCUT2D eigenvalue weighted by atomic mass is 10.2. The van der Waals surface area contributed by atoms with E-state index in [4.69, 9.17) is 10.5 Å². The summed E-state index contributed by atoms with van der Waals surface area (Å²) >= 11 is 1.72. The van der Waals surface area contributed by atoms with Crippen molar-refractivity contribution in [3.8, 4) is 0 Å². The van der Waals surface area contributed by atoms with Crippen LogP contribution in [0.4, 0.5) is 0 Å². The molecule has 80 valence electrons. The van der Waals surface area contributed by atoms with Gasteiger partial charge in [-0.1, -0.05) is 19.4 Å². The van der Waals surface area contributed by atoms with Gasteiger partial charge >= 0.3 is 0 Å². The second kappa shape index (κ2) is 6.98. The van der Waals surface area contributed by atoms with Crippen molar-refractivity contribution in [2.24, 2.45) is 5.73 Å². The molecule has 3 heteroatoms. The third-order valence-electron chi connectivity index (χ3n) is 2.12. The van der Waals surface area contributed by atoms with Crippen LogP contribution in [0.1, 0.15) is 37.1 Å². The zero-order valence-corrected chi connectivity index (χ0v) is 9.56. The number of hydrogen-bond acceptors (Lipinski definition) is 3. The average molecular weight is 213 g/mol. The molecule has 1 unspecified atom stereocenters. The van der Waals surface area contributed by atoms with Crippen molar-refractivity contribution >= 4 is 11.3 Å². The van der Waals surface area contributed by atoms with Gasteiger partial charge in [0.1, 0.15) is 0 Å². The molecule has 1 aromatic rings. The molecule has 0 amide bonds. The molecule has 1 rings (SSSR count). The second-order valence-electron chi connectivity index (χ2n) is 3.38. The normalized spacial score (nSPS) is 13.0. The minimum atomic E-state index is 0.150. The lowest BCUT2D eigenvalue weighted by Crippen LogP contribution is -2.12. The second-order valence-corrected chi connectivity index (χ2v) is 4.36. The fourth-order valence-electron chi connectivity index (χ4n) is 1.20. The molecule has 0 aliphatic carbocycles. The summed E-state index contributed by atoms with van der Waals surface area (Å²) in [6, 6.07) is 4.27. The highest BCUT2D eigenvalue weighted by Gasteiger charge is 2.05. The molecule has 1 heterocycles. The van der Waals surface area contributed by atoms with Crippen molar-refractivity contribution in [1.29, 1.82) is 0 Å². The van der Waals surface area contributed by atoms with Gasteiger partial charge in [0.2, 0.25) is 0 Å². The predicted molar refractivity (Wildman–Crippen MR) is 61.6 cm³/mol. The smallest absolute Gasteiger partial charge is 0.0484 e. The summed E-state index contributed by atoms with van der Waals surface area (Å²) in [7, 11) is 0. The van der Waals surface area contributed by atoms with Gasteiger partial charge in [-0.25, -0.2) is 0 Å². The highest BCUT2D eigenvalue weighted by atomic mass is 32.1. The van der Waals surface area contributed by atoms with Gasteiger partial charge in [-0.05, 0) is 24.3 Å². The summed E-state index contributed by atoms with van der Waals surface area (Å²) < 4.78 is 5.47. The maximum absolute atomic E-state index is 5.98. The Labute approximate surface area is 90.1 Å². The van der Waals surface area contributed by atoms with Gasteiger partial charge in [0.25, 0.3) is 0 Å². The number of hydrogen-bond donors (Lipinski definition) is 1. The Morgan fingerprint density at radius 2 is 2.36 bits per heavy atom. The van der Waals surface area contributed by atoms with Gasteiger partial charge in [-0.15, -0.1) is 11.3 Å². The van der Waals surface area contributed by atoms with E-state index in [9.17, 15) is 0 Å². The van der Waals surface area contributed by atoms with Crippen LogP contribution in [0.2, 0.25) is 0 Å². The van der Waals surface area contributed by atoms with E-state index in [2.05, 4.69) is 18.4 Å². The largest absolute Gasteiger partial charge is 0.381 e. The first-order valence-corrected chi connectivity index (χ1v) is 6.09. The number of ether oxygens (including phenoxy) is 1. The Hall–Kier alpha value is -0.380. The van der Waals surface area contributed by atoms with Crippen LogP contribution in [0.3, 0.4) is 0 Å². The van der Waals surface area contributed by atoms with Gasteiger partial charge in [0.05, 0.1) is 0 Å². The third-order valence-corrected chi connectivity index (χ3v) is 3.13. The van der Waals surface area contributed by atoms with Crippen molar-refractivity contribution in [2.45, 2.75) is 32.2 Å². The standard InChI is InChI=1S/C11H19NOS/c1-2-3-7-13-8-6-10(12)11-5-4-9-14-11/h4-5,9-10H,2-3,6-8,12H2,1H3. The van der Waals surface area contributed by atoms with Gasteiger partial charge in [-0.2, -0.15) is 0 Å². The molecule has 0 aliphatic heterocycles. The fourth-order valence-corrected chi connectivity index (χ4v) is 1.97. The van der Waals surface area contributed by atoms with Gasteiger partial charge < -0.3 is 10.5 Å². The van der Waals surface area contributed by atoms with E-state index < -0.39 is 0 Å². The molecule has 1 aromatic heterocycles. The van der Waals surface area contributed by atoms with Crippen molar-refractivity contribution in [3.63, 3.8) is 0 Å². The lowest BCUT2D eigenvalue weighted by Gasteiger charge is -2.09. The summed E-state index contributed by atoms with van der Waals surface area (Å²) in [5.41, 5.74) is 5.98. The summed E-state index contributed by atoms with van der Waals surface area (Å²) in [5, 5.41) is 2.06. The maximum Gasteiger partial charge on any atom is 0.0484 e. The predicted octanol–water partition coefficient (Wildman–Crippen LogP) is 2.95. The molecule has 0 saturated heterocycles. The first-order valence-electron chi connectivity index (χ1n) is 5.21. The molecule has 0 fully saturated rings. The summed E-state index contributed by atoms with van der Waals surface area (Å²) in [6.45, 7) is 3.81. The SMILES string of the molecule is CCCCOCCC(N)c1cccs1. The number of thiophene rings is 1. The van der Waals surface area contributed by atoms with Crippen LogP contribution in [0.25, 0.3) is 0 Å². The Morgan fingerprint density at radius 3 is 3.00 bits per heavy atom. The van der Waals surface area contributed by atoms with Crippen molar-refractivity contribution in [1.82, 2.24) is 0 Å². The van der Waals surface area contributed by atoms with E-state index in [-0.39, 0.29) is 6.04 Å². The molecule has 0 bridgehead atoms. The molecular formula is C11H19NOS. The molecule has 2 nitrogen and oxygen atoms in total. The molecule has 0 aromatic carbocycles. The monoisotopic (exact) mass is 213 g/mol. The number of unbranched alkanes of at least 4 members (excludes halogenated alkanes) is 1. The first-order chi connectivity index (χ1) is 6.84. The highest BCUT2D eigenvalue weighted by Crippen LogP contribution is 2.19. The minimum Gasteiger partial charge on any atom is -0.381 e. The Kier molecular flexibility index (Phi) is 5.83. The molecule has 0 aliphatic rings. The third kappa shape index (κ3) is 4.22. The van der Waals surface area contributed by atoms with Gasteiger partial charge in [0.15, 0.2) is 0 Å². The molecule has 0 spiro atoms. The minimum absolute atomic E-state index is 0.150. The van der Waals surface area contributed by atoms with E-state index in [0.29, 0.717) is 0 Å². The van der Waals surface area contributed by atoms with Crippen LogP contribution < -0.4 is 5.73 Å². The summed E-state index contributed by atoms with van der Waals surface area (Å²) in [4.78, 5) is 1.25. The zero-order chi connectivity index (χ0) is 10.2. The lowest BCUT2D eigenvalue weighted by molar-refractivity contribution is 0.124. The molecule has 0 radical (unpaired) electrons. The average Bonchev–Trinajstić information content (AvgIpc) is 2.70. The molecule has 2 N–H and O–H groups in total.